The van der Waals surface area contributed by atoms with Gasteiger partial charge < -0.3 is 5.32 Å². The Labute approximate surface area is 186 Å². The summed E-state index contributed by atoms with van der Waals surface area (Å²) in [6.07, 6.45) is 1.42. The Balaban J connectivity index is 1.43. The van der Waals surface area contributed by atoms with Crippen LogP contribution in [0.4, 0.5) is 11.6 Å². The van der Waals surface area contributed by atoms with E-state index in [0.717, 1.165) is 0 Å². The number of halogens is 2. The molecule has 0 aliphatic carbocycles. The molecule has 9 heteroatoms. The number of aromatic amines is 1. The van der Waals surface area contributed by atoms with Crippen LogP contribution in [-0.4, -0.2) is 22.1 Å². The van der Waals surface area contributed by atoms with Crippen molar-refractivity contribution in [3.63, 3.8) is 0 Å². The number of H-pyrrole nitrogens is 1. The summed E-state index contributed by atoms with van der Waals surface area (Å²) < 4.78 is 0. The van der Waals surface area contributed by atoms with E-state index in [-0.39, 0.29) is 5.56 Å². The first-order chi connectivity index (χ1) is 15.0. The molecule has 4 aromatic rings. The molecular formula is C22H15Cl2N5O2. The first-order valence-electron chi connectivity index (χ1n) is 9.15. The second-order valence-corrected chi connectivity index (χ2v) is 7.26. The Morgan fingerprint density at radius 2 is 1.77 bits per heavy atom. The molecule has 0 unspecified atom stereocenters. The van der Waals surface area contributed by atoms with Crippen molar-refractivity contribution < 1.29 is 4.79 Å². The van der Waals surface area contributed by atoms with Crippen molar-refractivity contribution in [2.75, 3.05) is 5.32 Å². The number of aromatic nitrogens is 2. The van der Waals surface area contributed by atoms with Gasteiger partial charge in [0.1, 0.15) is 0 Å². The lowest BCUT2D eigenvalue weighted by atomic mass is 10.2. The zero-order valence-corrected chi connectivity index (χ0v) is 17.4. The molecule has 4 rings (SSSR count). The lowest BCUT2D eigenvalue weighted by Gasteiger charge is -2.07. The summed E-state index contributed by atoms with van der Waals surface area (Å²) in [4.78, 5) is 31.5. The van der Waals surface area contributed by atoms with E-state index in [0.29, 0.717) is 43.7 Å². The maximum absolute atomic E-state index is 12.3. The van der Waals surface area contributed by atoms with E-state index in [1.807, 2.05) is 6.07 Å². The van der Waals surface area contributed by atoms with Gasteiger partial charge in [0.05, 0.1) is 27.2 Å². The van der Waals surface area contributed by atoms with Crippen molar-refractivity contribution in [1.29, 1.82) is 0 Å². The summed E-state index contributed by atoms with van der Waals surface area (Å²) >= 11 is 12.0. The number of hydrogen-bond acceptors (Lipinski definition) is 5. The van der Waals surface area contributed by atoms with Gasteiger partial charge in [-0.25, -0.2) is 10.4 Å². The number of benzene rings is 3. The summed E-state index contributed by atoms with van der Waals surface area (Å²) in [6, 6.07) is 18.8. The molecule has 1 aromatic heterocycles. The maximum atomic E-state index is 12.3. The van der Waals surface area contributed by atoms with E-state index in [2.05, 4.69) is 25.8 Å². The van der Waals surface area contributed by atoms with Gasteiger partial charge >= 0.3 is 0 Å². The minimum Gasteiger partial charge on any atom is -0.326 e. The highest BCUT2D eigenvalue weighted by Gasteiger charge is 2.07. The summed E-state index contributed by atoms with van der Waals surface area (Å²) in [5.41, 5.74) is 4.44. The second kappa shape index (κ2) is 8.99. The van der Waals surface area contributed by atoms with Gasteiger partial charge in [-0.05, 0) is 42.5 Å². The van der Waals surface area contributed by atoms with E-state index in [4.69, 9.17) is 23.2 Å². The lowest BCUT2D eigenvalue weighted by Crippen LogP contribution is -2.17. The van der Waals surface area contributed by atoms with E-state index < -0.39 is 5.91 Å². The third kappa shape index (κ3) is 4.74. The van der Waals surface area contributed by atoms with Crippen molar-refractivity contribution in [1.82, 2.24) is 15.4 Å². The first-order valence-corrected chi connectivity index (χ1v) is 9.90. The number of nitrogens with one attached hydrogen (secondary N) is 3. The summed E-state index contributed by atoms with van der Waals surface area (Å²) in [6.45, 7) is 0. The number of carbonyl (C=O) groups is 1. The molecule has 0 aliphatic rings. The number of amides is 1. The number of carbonyl (C=O) groups excluding carboxylic acids is 1. The molecule has 0 saturated carbocycles. The predicted molar refractivity (Wildman–Crippen MR) is 124 cm³/mol. The van der Waals surface area contributed by atoms with Crippen molar-refractivity contribution >= 4 is 57.9 Å². The fraction of sp³-hybridized carbons (Fsp3) is 0. The number of hydrazone groups is 1. The number of fused-ring (bicyclic) bond motifs is 1. The molecule has 154 valence electrons. The zero-order valence-electron chi connectivity index (χ0n) is 15.9. The molecule has 3 N–H and O–H groups in total. The fourth-order valence-electron chi connectivity index (χ4n) is 2.83. The third-order valence-corrected chi connectivity index (χ3v) is 5.21. The largest absolute Gasteiger partial charge is 0.326 e. The van der Waals surface area contributed by atoms with Crippen LogP contribution in [0.3, 0.4) is 0 Å². The molecule has 0 spiro atoms. The molecule has 0 atom stereocenters. The van der Waals surface area contributed by atoms with Gasteiger partial charge in [0.25, 0.3) is 11.5 Å². The van der Waals surface area contributed by atoms with Crippen molar-refractivity contribution in [2.24, 2.45) is 5.10 Å². The topological polar surface area (TPSA) is 99.2 Å². The van der Waals surface area contributed by atoms with Gasteiger partial charge in [-0.3, -0.25) is 14.6 Å². The Morgan fingerprint density at radius 1 is 1.00 bits per heavy atom. The molecule has 7 nitrogen and oxygen atoms in total. The van der Waals surface area contributed by atoms with Crippen LogP contribution in [0.1, 0.15) is 15.9 Å². The van der Waals surface area contributed by atoms with E-state index >= 15 is 0 Å². The Hall–Kier alpha value is -3.68. The van der Waals surface area contributed by atoms with E-state index in [1.165, 1.54) is 6.21 Å². The number of para-hydroxylation sites is 1. The Bertz CT molecular complexity index is 1350. The van der Waals surface area contributed by atoms with Gasteiger partial charge in [-0.1, -0.05) is 47.5 Å². The molecule has 0 aliphatic heterocycles. The summed E-state index contributed by atoms with van der Waals surface area (Å²) in [5, 5.41) is 8.22. The molecule has 1 heterocycles. The van der Waals surface area contributed by atoms with Crippen LogP contribution in [0, 0.1) is 0 Å². The van der Waals surface area contributed by atoms with E-state index in [1.54, 1.807) is 60.7 Å². The van der Waals surface area contributed by atoms with Crippen LogP contribution in [0.15, 0.2) is 76.6 Å². The Morgan fingerprint density at radius 3 is 2.58 bits per heavy atom. The van der Waals surface area contributed by atoms with Gasteiger partial charge in [0.2, 0.25) is 5.95 Å². The van der Waals surface area contributed by atoms with Crippen molar-refractivity contribution in [3.8, 4) is 0 Å². The SMILES string of the molecule is O=C(N/N=C\c1cccc(Cl)c1Cl)c1ccc(Nc2nc3ccccc3c(=O)[nH]2)cc1. The van der Waals surface area contributed by atoms with Gasteiger partial charge in [-0.15, -0.1) is 0 Å². The third-order valence-electron chi connectivity index (χ3n) is 4.37. The quantitative estimate of drug-likeness (QED) is 0.301. The molecule has 0 radical (unpaired) electrons. The van der Waals surface area contributed by atoms with Crippen molar-refractivity contribution in [3.05, 3.63) is 98.3 Å². The van der Waals surface area contributed by atoms with Crippen molar-refractivity contribution in [2.45, 2.75) is 0 Å². The highest BCUT2D eigenvalue weighted by atomic mass is 35.5. The van der Waals surface area contributed by atoms with Crippen LogP contribution < -0.4 is 16.3 Å². The number of anilines is 2. The monoisotopic (exact) mass is 451 g/mol. The van der Waals surface area contributed by atoms with E-state index in [9.17, 15) is 9.59 Å². The van der Waals surface area contributed by atoms with Crippen LogP contribution in [0.25, 0.3) is 10.9 Å². The summed E-state index contributed by atoms with van der Waals surface area (Å²) in [7, 11) is 0. The van der Waals surface area contributed by atoms with Crippen LogP contribution in [0.2, 0.25) is 10.0 Å². The molecule has 0 fully saturated rings. The van der Waals surface area contributed by atoms with Crippen LogP contribution in [0.5, 0.6) is 0 Å². The highest BCUT2D eigenvalue weighted by Crippen LogP contribution is 2.24. The Kier molecular flexibility index (Phi) is 5.97. The average molecular weight is 452 g/mol. The van der Waals surface area contributed by atoms with Gasteiger partial charge in [-0.2, -0.15) is 5.10 Å². The number of hydrogen-bond donors (Lipinski definition) is 3. The van der Waals surface area contributed by atoms with Crippen LogP contribution in [-0.2, 0) is 0 Å². The zero-order chi connectivity index (χ0) is 21.8. The molecular weight excluding hydrogens is 437 g/mol. The smallest absolute Gasteiger partial charge is 0.271 e. The summed E-state index contributed by atoms with van der Waals surface area (Å²) in [5.74, 6) is -0.0814. The van der Waals surface area contributed by atoms with Gasteiger partial charge in [0, 0.05) is 16.8 Å². The van der Waals surface area contributed by atoms with Crippen LogP contribution >= 0.6 is 23.2 Å². The lowest BCUT2D eigenvalue weighted by molar-refractivity contribution is 0.0955. The standard InChI is InChI=1S/C22H15Cl2N5O2/c23-17-6-3-4-14(19(17)24)12-25-29-20(30)13-8-10-15(11-9-13)26-22-27-18-7-2-1-5-16(18)21(31)28-22/h1-12H,(H,29,30)(H2,26,27,28,31)/b25-12-. The molecule has 1 amide bonds. The minimum atomic E-state index is -0.391. The molecule has 3 aromatic carbocycles. The predicted octanol–water partition coefficient (Wildman–Crippen LogP) is 4.74. The number of nitrogens with zero attached hydrogens (tertiary/aromatic N) is 2. The van der Waals surface area contributed by atoms with Gasteiger partial charge in [0.15, 0.2) is 0 Å². The molecule has 31 heavy (non-hydrogen) atoms. The molecule has 0 bridgehead atoms. The average Bonchev–Trinajstić information content (AvgIpc) is 2.77. The highest BCUT2D eigenvalue weighted by molar-refractivity contribution is 6.43. The number of rotatable bonds is 5. The normalized spacial score (nSPS) is 11.0. The minimum absolute atomic E-state index is 0.234. The molecule has 0 saturated heterocycles. The fourth-order valence-corrected chi connectivity index (χ4v) is 3.19. The maximum Gasteiger partial charge on any atom is 0.271 e. The first kappa shape index (κ1) is 20.6. The second-order valence-electron chi connectivity index (χ2n) is 6.48.